The highest BCUT2D eigenvalue weighted by atomic mass is 14.5. The van der Waals surface area contributed by atoms with E-state index >= 15 is 0 Å². The normalized spacial score (nSPS) is 12.5. The van der Waals surface area contributed by atoms with Gasteiger partial charge in [0.25, 0.3) is 0 Å². The molecular weight excluding hydrogens is 925 g/mol. The molecule has 0 unspecified atom stereocenters. The Kier molecular flexibility index (Phi) is 11.1. The maximum Gasteiger partial charge on any atom is 0.0726 e. The van der Waals surface area contributed by atoms with Gasteiger partial charge in [-0.2, -0.15) is 0 Å². The Morgan fingerprint density at radius 1 is 0.169 bits per heavy atom. The summed E-state index contributed by atoms with van der Waals surface area (Å²) in [5, 5.41) is 0. The van der Waals surface area contributed by atoms with Crippen molar-refractivity contribution < 1.29 is 0 Å². The summed E-state index contributed by atoms with van der Waals surface area (Å²) in [6.07, 6.45) is 0. The summed E-state index contributed by atoms with van der Waals surface area (Å²) in [6, 6.07) is 101. The Labute approximate surface area is 453 Å². The van der Waals surface area contributed by atoms with E-state index in [4.69, 9.17) is 0 Å². The Morgan fingerprint density at radius 2 is 0.351 bits per heavy atom. The fourth-order valence-corrected chi connectivity index (χ4v) is 12.9. The lowest BCUT2D eigenvalue weighted by molar-refractivity contribution is 0.795. The molecule has 0 N–H and O–H groups in total. The quantitative estimate of drug-likeness (QED) is 0.142. The zero-order valence-electron chi connectivity index (χ0n) is 43.9. The van der Waals surface area contributed by atoms with Crippen LogP contribution in [0.4, 0.5) is 0 Å². The summed E-state index contributed by atoms with van der Waals surface area (Å²) in [4.78, 5) is 0. The summed E-state index contributed by atoms with van der Waals surface area (Å²) in [7, 11) is 0. The number of hydrogen-bond acceptors (Lipinski definition) is 0. The fourth-order valence-electron chi connectivity index (χ4n) is 12.9. The van der Waals surface area contributed by atoms with Crippen LogP contribution < -0.4 is 0 Å². The van der Waals surface area contributed by atoms with Crippen molar-refractivity contribution in [1.29, 1.82) is 0 Å². The van der Waals surface area contributed by atoms with Crippen LogP contribution >= 0.6 is 0 Å². The molecule has 12 aromatic rings. The predicted molar refractivity (Wildman–Crippen MR) is 325 cm³/mol. The number of hydrogen-bond donors (Lipinski definition) is 0. The van der Waals surface area contributed by atoms with Crippen molar-refractivity contribution in [3.8, 4) is 111 Å². The molecule has 0 aromatic heterocycles. The van der Waals surface area contributed by atoms with E-state index in [0.29, 0.717) is 0 Å². The second-order valence-corrected chi connectivity index (χ2v) is 21.4. The topological polar surface area (TPSA) is 0 Å². The van der Waals surface area contributed by atoms with Crippen LogP contribution in [0.3, 0.4) is 0 Å². The van der Waals surface area contributed by atoms with E-state index in [1.54, 1.807) is 0 Å². The van der Waals surface area contributed by atoms with E-state index in [1.807, 2.05) is 0 Å². The maximum atomic E-state index is 2.53. The summed E-state index contributed by atoms with van der Waals surface area (Å²) in [5.74, 6) is 0. The number of aryl methyl sites for hydroxylation is 4. The van der Waals surface area contributed by atoms with Crippen LogP contribution in [-0.2, 0) is 5.41 Å². The van der Waals surface area contributed by atoms with Gasteiger partial charge in [-0.1, -0.05) is 243 Å². The molecule has 1 spiro atoms. The lowest BCUT2D eigenvalue weighted by Gasteiger charge is -2.32. The predicted octanol–water partition coefficient (Wildman–Crippen LogP) is 20.6. The highest BCUT2D eigenvalue weighted by Crippen LogP contribution is 2.64. The van der Waals surface area contributed by atoms with Crippen molar-refractivity contribution in [3.63, 3.8) is 0 Å². The molecule has 0 fully saturated rings. The molecule has 0 saturated carbocycles. The molecule has 2 aliphatic carbocycles. The van der Waals surface area contributed by atoms with Crippen LogP contribution in [-0.4, -0.2) is 0 Å². The Hall–Kier alpha value is -9.36. The standard InChI is InChI=1S/C77H56/c1-49-13-5-9-17-65(49)57-29-21-53(22-30-57)61-37-41-69-70-42-38-62(54-23-31-58(32-24-54)66-18-10-6-14-50(66)2)46-74(70)77(73(69)45-61)75-47-63(55-25-33-59(34-26-55)67-19-11-7-15-51(67)3)39-43-71(75)72-44-40-64(48-76(72)77)56-27-35-60(36-28-56)68-20-12-8-16-52(68)4/h5-48H,1-4H3. The molecule has 0 aliphatic heterocycles. The average molecular weight is 981 g/mol. The van der Waals surface area contributed by atoms with Crippen LogP contribution in [0.2, 0.25) is 0 Å². The molecule has 0 atom stereocenters. The molecule has 0 amide bonds. The molecule has 0 nitrogen and oxygen atoms in total. The van der Waals surface area contributed by atoms with E-state index in [2.05, 4.69) is 295 Å². The van der Waals surface area contributed by atoms with Crippen molar-refractivity contribution in [2.24, 2.45) is 0 Å². The molecular formula is C77H56. The molecule has 0 heterocycles. The second-order valence-electron chi connectivity index (χ2n) is 21.4. The van der Waals surface area contributed by atoms with Gasteiger partial charge in [0.2, 0.25) is 0 Å². The van der Waals surface area contributed by atoms with Crippen molar-refractivity contribution in [2.75, 3.05) is 0 Å². The zero-order valence-corrected chi connectivity index (χ0v) is 43.9. The van der Waals surface area contributed by atoms with E-state index in [0.717, 1.165) is 0 Å². The molecule has 12 aromatic carbocycles. The minimum atomic E-state index is -0.641. The third kappa shape index (κ3) is 7.66. The Bertz CT molecular complexity index is 3700. The molecule has 77 heavy (non-hydrogen) atoms. The van der Waals surface area contributed by atoms with Gasteiger partial charge < -0.3 is 0 Å². The molecule has 0 bridgehead atoms. The van der Waals surface area contributed by atoms with Crippen LogP contribution in [0, 0.1) is 27.7 Å². The maximum absolute atomic E-state index is 2.53. The third-order valence-corrected chi connectivity index (χ3v) is 17.0. The van der Waals surface area contributed by atoms with Crippen molar-refractivity contribution >= 4 is 0 Å². The lowest BCUT2D eigenvalue weighted by atomic mass is 9.69. The van der Waals surface area contributed by atoms with Gasteiger partial charge in [0.15, 0.2) is 0 Å². The second kappa shape index (κ2) is 18.5. The Morgan fingerprint density at radius 3 is 0.558 bits per heavy atom. The highest BCUT2D eigenvalue weighted by molar-refractivity contribution is 5.99. The third-order valence-electron chi connectivity index (χ3n) is 17.0. The molecule has 2 aliphatic rings. The first-order valence-electron chi connectivity index (χ1n) is 27.0. The van der Waals surface area contributed by atoms with E-state index in [9.17, 15) is 0 Å². The van der Waals surface area contributed by atoms with Gasteiger partial charge in [0, 0.05) is 0 Å². The van der Waals surface area contributed by atoms with E-state index < -0.39 is 5.41 Å². The van der Waals surface area contributed by atoms with Gasteiger partial charge >= 0.3 is 0 Å². The van der Waals surface area contributed by atoms with Crippen LogP contribution in [0.25, 0.3) is 111 Å². The molecule has 0 saturated heterocycles. The van der Waals surface area contributed by atoms with Gasteiger partial charge in [-0.3, -0.25) is 0 Å². The molecule has 14 rings (SSSR count). The monoisotopic (exact) mass is 980 g/mol. The van der Waals surface area contributed by atoms with Gasteiger partial charge in [0.1, 0.15) is 0 Å². The minimum absolute atomic E-state index is 0.641. The zero-order chi connectivity index (χ0) is 51.8. The minimum Gasteiger partial charge on any atom is -0.0620 e. The summed E-state index contributed by atoms with van der Waals surface area (Å²) < 4.78 is 0. The Balaban J connectivity index is 0.986. The number of rotatable bonds is 8. The first kappa shape index (κ1) is 46.2. The first-order chi connectivity index (χ1) is 37.8. The van der Waals surface area contributed by atoms with E-state index in [-0.39, 0.29) is 0 Å². The summed E-state index contributed by atoms with van der Waals surface area (Å²) in [5.41, 5.74) is 34.5. The van der Waals surface area contributed by atoms with Crippen molar-refractivity contribution in [2.45, 2.75) is 33.1 Å². The average Bonchev–Trinajstić information content (AvgIpc) is 4.03. The van der Waals surface area contributed by atoms with Crippen LogP contribution in [0.1, 0.15) is 44.5 Å². The van der Waals surface area contributed by atoms with Crippen LogP contribution in [0.5, 0.6) is 0 Å². The van der Waals surface area contributed by atoms with E-state index in [1.165, 1.54) is 156 Å². The lowest BCUT2D eigenvalue weighted by Crippen LogP contribution is -2.26. The summed E-state index contributed by atoms with van der Waals surface area (Å²) in [6.45, 7) is 8.79. The van der Waals surface area contributed by atoms with Gasteiger partial charge in [-0.05, 0) is 208 Å². The first-order valence-corrected chi connectivity index (χ1v) is 27.0. The van der Waals surface area contributed by atoms with Crippen molar-refractivity contribution in [1.82, 2.24) is 0 Å². The summed E-state index contributed by atoms with van der Waals surface area (Å²) >= 11 is 0. The molecule has 0 radical (unpaired) electrons. The van der Waals surface area contributed by atoms with Gasteiger partial charge in [-0.25, -0.2) is 0 Å². The number of fused-ring (bicyclic) bond motifs is 10. The molecule has 0 heteroatoms. The fraction of sp³-hybridized carbons (Fsp3) is 0.0649. The molecule has 364 valence electrons. The van der Waals surface area contributed by atoms with Crippen LogP contribution in [0.15, 0.2) is 267 Å². The van der Waals surface area contributed by atoms with Gasteiger partial charge in [0.05, 0.1) is 5.41 Å². The van der Waals surface area contributed by atoms with Gasteiger partial charge in [-0.15, -0.1) is 0 Å². The number of benzene rings is 12. The van der Waals surface area contributed by atoms with Crippen molar-refractivity contribution in [3.05, 3.63) is 311 Å². The smallest absolute Gasteiger partial charge is 0.0620 e. The highest BCUT2D eigenvalue weighted by Gasteiger charge is 2.52. The largest absolute Gasteiger partial charge is 0.0726 e. The SMILES string of the molecule is Cc1ccccc1-c1ccc(-c2ccc3c(c2)C2(c4cc(-c5ccc(-c6ccccc6C)cc5)ccc4-3)c3cc(-c4ccc(-c5ccccc5C)cc4)ccc3-c3ccc(-c4ccc(-c5ccccc5C)cc4)cc32)cc1.